The van der Waals surface area contributed by atoms with E-state index >= 15 is 0 Å². The van der Waals surface area contributed by atoms with E-state index in [0.717, 1.165) is 24.3 Å². The molecule has 1 aliphatic heterocycles. The van der Waals surface area contributed by atoms with Gasteiger partial charge in [0.2, 0.25) is 0 Å². The topological polar surface area (TPSA) is 44.8 Å². The van der Waals surface area contributed by atoms with Gasteiger partial charge in [0.05, 0.1) is 5.69 Å². The van der Waals surface area contributed by atoms with E-state index < -0.39 is 0 Å². The summed E-state index contributed by atoms with van der Waals surface area (Å²) in [5.41, 5.74) is 7.50. The normalized spacial score (nSPS) is 17.3. The molecule has 1 aliphatic rings. The van der Waals surface area contributed by atoms with Crippen molar-refractivity contribution in [3.05, 3.63) is 83.9 Å². The number of nitrogens with zero attached hydrogens (tertiary/aromatic N) is 3. The zero-order valence-electron chi connectivity index (χ0n) is 14.7. The molecule has 0 saturated heterocycles. The van der Waals surface area contributed by atoms with Crippen LogP contribution in [0.5, 0.6) is 0 Å². The third-order valence-corrected chi connectivity index (χ3v) is 5.31. The number of aromatic nitrogens is 3. The van der Waals surface area contributed by atoms with E-state index in [1.165, 1.54) is 27.6 Å². The Labute approximate surface area is 152 Å². The standard InChI is InChI=1S/C22H20N4/c1-26-12-18-10-17(21-7-8-23-14-25-21)4-5-19(18)20(13-26)16-3-2-15-6-9-24-22(15)11-16/h2-11,14,20,24H,12-13H2,1H3. The highest BCUT2D eigenvalue weighted by molar-refractivity contribution is 5.80. The molecule has 0 saturated carbocycles. The fourth-order valence-corrected chi connectivity index (χ4v) is 4.04. The van der Waals surface area contributed by atoms with Crippen LogP contribution < -0.4 is 0 Å². The second-order valence-corrected chi connectivity index (χ2v) is 7.08. The van der Waals surface area contributed by atoms with Gasteiger partial charge in [-0.25, -0.2) is 9.97 Å². The highest BCUT2D eigenvalue weighted by Crippen LogP contribution is 2.35. The minimum Gasteiger partial charge on any atom is -0.361 e. The number of likely N-dealkylation sites (N-methyl/N-ethyl adjacent to an activating group) is 1. The Morgan fingerprint density at radius 1 is 1.08 bits per heavy atom. The zero-order chi connectivity index (χ0) is 17.5. The molecule has 0 bridgehead atoms. The van der Waals surface area contributed by atoms with Crippen LogP contribution in [0.2, 0.25) is 0 Å². The first-order valence-corrected chi connectivity index (χ1v) is 8.93. The van der Waals surface area contributed by atoms with Crippen LogP contribution in [-0.2, 0) is 6.54 Å². The second kappa shape index (κ2) is 6.07. The van der Waals surface area contributed by atoms with E-state index in [1.807, 2.05) is 12.3 Å². The molecular formula is C22H20N4. The summed E-state index contributed by atoms with van der Waals surface area (Å²) in [5, 5.41) is 1.26. The number of fused-ring (bicyclic) bond motifs is 2. The largest absolute Gasteiger partial charge is 0.361 e. The third-order valence-electron chi connectivity index (χ3n) is 5.31. The van der Waals surface area contributed by atoms with Crippen LogP contribution in [0.15, 0.2) is 67.3 Å². The Bertz CT molecular complexity index is 1070. The van der Waals surface area contributed by atoms with E-state index in [0.29, 0.717) is 5.92 Å². The van der Waals surface area contributed by atoms with Crippen LogP contribution in [0.25, 0.3) is 22.2 Å². The van der Waals surface area contributed by atoms with Gasteiger partial charge < -0.3 is 9.88 Å². The van der Waals surface area contributed by atoms with Crippen LogP contribution in [0.3, 0.4) is 0 Å². The first-order chi connectivity index (χ1) is 12.8. The van der Waals surface area contributed by atoms with Crippen molar-refractivity contribution in [3.8, 4) is 11.3 Å². The highest BCUT2D eigenvalue weighted by Gasteiger charge is 2.25. The summed E-state index contributed by atoms with van der Waals surface area (Å²) in [6.07, 6.45) is 5.40. The number of hydrogen-bond donors (Lipinski definition) is 1. The van der Waals surface area contributed by atoms with Gasteiger partial charge in [-0.3, -0.25) is 0 Å². The molecule has 2 aromatic carbocycles. The third kappa shape index (κ3) is 2.59. The molecule has 0 radical (unpaired) electrons. The van der Waals surface area contributed by atoms with E-state index in [-0.39, 0.29) is 0 Å². The molecule has 4 aromatic rings. The summed E-state index contributed by atoms with van der Waals surface area (Å²) in [6, 6.07) is 17.6. The first-order valence-electron chi connectivity index (χ1n) is 8.93. The second-order valence-electron chi connectivity index (χ2n) is 7.08. The minimum absolute atomic E-state index is 0.385. The van der Waals surface area contributed by atoms with Gasteiger partial charge in [0.25, 0.3) is 0 Å². The van der Waals surface area contributed by atoms with Gasteiger partial charge in [-0.1, -0.05) is 24.3 Å². The minimum atomic E-state index is 0.385. The Hall–Kier alpha value is -2.98. The van der Waals surface area contributed by atoms with Gasteiger partial charge >= 0.3 is 0 Å². The Morgan fingerprint density at radius 3 is 2.92 bits per heavy atom. The van der Waals surface area contributed by atoms with E-state index in [4.69, 9.17) is 0 Å². The number of rotatable bonds is 2. The average Bonchev–Trinajstić information content (AvgIpc) is 3.15. The summed E-state index contributed by atoms with van der Waals surface area (Å²) < 4.78 is 0. The van der Waals surface area contributed by atoms with Gasteiger partial charge in [0, 0.05) is 42.5 Å². The molecule has 3 heterocycles. The molecule has 1 N–H and O–H groups in total. The fraction of sp³-hybridized carbons (Fsp3) is 0.182. The van der Waals surface area contributed by atoms with Gasteiger partial charge in [-0.05, 0) is 53.4 Å². The van der Waals surface area contributed by atoms with E-state index in [2.05, 4.69) is 69.4 Å². The number of H-pyrrole nitrogens is 1. The molecule has 5 rings (SSSR count). The van der Waals surface area contributed by atoms with Crippen molar-refractivity contribution in [2.75, 3.05) is 13.6 Å². The van der Waals surface area contributed by atoms with Crippen LogP contribution in [0.4, 0.5) is 0 Å². The molecule has 0 amide bonds. The van der Waals surface area contributed by atoms with Crippen LogP contribution in [0.1, 0.15) is 22.6 Å². The smallest absolute Gasteiger partial charge is 0.116 e. The van der Waals surface area contributed by atoms with Gasteiger partial charge in [0.1, 0.15) is 6.33 Å². The van der Waals surface area contributed by atoms with Crippen molar-refractivity contribution in [2.24, 2.45) is 0 Å². The predicted molar refractivity (Wildman–Crippen MR) is 104 cm³/mol. The van der Waals surface area contributed by atoms with Crippen LogP contribution >= 0.6 is 0 Å². The quantitative estimate of drug-likeness (QED) is 0.595. The van der Waals surface area contributed by atoms with Crippen molar-refractivity contribution < 1.29 is 0 Å². The maximum atomic E-state index is 4.39. The Balaban J connectivity index is 1.59. The summed E-state index contributed by atoms with van der Waals surface area (Å²) in [6.45, 7) is 2.00. The Kier molecular flexibility index (Phi) is 3.57. The molecule has 1 unspecified atom stereocenters. The fourth-order valence-electron chi connectivity index (χ4n) is 4.04. The molecule has 26 heavy (non-hydrogen) atoms. The van der Waals surface area contributed by atoms with Crippen molar-refractivity contribution in [2.45, 2.75) is 12.5 Å². The molecule has 4 heteroatoms. The van der Waals surface area contributed by atoms with Gasteiger partial charge in [0.15, 0.2) is 0 Å². The molecule has 0 aliphatic carbocycles. The molecule has 0 spiro atoms. The molecule has 2 aromatic heterocycles. The highest BCUT2D eigenvalue weighted by atomic mass is 15.1. The Morgan fingerprint density at radius 2 is 2.04 bits per heavy atom. The zero-order valence-corrected chi connectivity index (χ0v) is 14.7. The molecular weight excluding hydrogens is 320 g/mol. The SMILES string of the molecule is CN1Cc2cc(-c3ccncn3)ccc2C(c2ccc3cc[nH]c3c2)C1. The lowest BCUT2D eigenvalue weighted by molar-refractivity contribution is 0.295. The summed E-state index contributed by atoms with van der Waals surface area (Å²) in [5.74, 6) is 0.385. The van der Waals surface area contributed by atoms with Crippen molar-refractivity contribution in [1.29, 1.82) is 0 Å². The summed E-state index contributed by atoms with van der Waals surface area (Å²) in [4.78, 5) is 14.1. The average molecular weight is 340 g/mol. The van der Waals surface area contributed by atoms with Gasteiger partial charge in [-0.15, -0.1) is 0 Å². The first kappa shape index (κ1) is 15.3. The summed E-state index contributed by atoms with van der Waals surface area (Å²) in [7, 11) is 2.19. The molecule has 0 fully saturated rings. The van der Waals surface area contributed by atoms with Crippen LogP contribution in [-0.4, -0.2) is 33.4 Å². The molecule has 1 atom stereocenters. The van der Waals surface area contributed by atoms with E-state index in [9.17, 15) is 0 Å². The molecule has 128 valence electrons. The maximum absolute atomic E-state index is 4.39. The predicted octanol–water partition coefficient (Wildman–Crippen LogP) is 4.20. The number of nitrogens with one attached hydrogen (secondary N) is 1. The molecule has 4 nitrogen and oxygen atoms in total. The van der Waals surface area contributed by atoms with Crippen molar-refractivity contribution >= 4 is 10.9 Å². The van der Waals surface area contributed by atoms with E-state index in [1.54, 1.807) is 12.5 Å². The number of aromatic amines is 1. The maximum Gasteiger partial charge on any atom is 0.116 e. The lowest BCUT2D eigenvalue weighted by atomic mass is 9.83. The van der Waals surface area contributed by atoms with Gasteiger partial charge in [-0.2, -0.15) is 0 Å². The number of hydrogen-bond acceptors (Lipinski definition) is 3. The lowest BCUT2D eigenvalue weighted by Gasteiger charge is -2.33. The summed E-state index contributed by atoms with van der Waals surface area (Å²) >= 11 is 0. The van der Waals surface area contributed by atoms with Crippen LogP contribution in [0, 0.1) is 0 Å². The van der Waals surface area contributed by atoms with Crippen molar-refractivity contribution in [1.82, 2.24) is 19.9 Å². The monoisotopic (exact) mass is 340 g/mol. The number of benzene rings is 2. The lowest BCUT2D eigenvalue weighted by Crippen LogP contribution is -2.31. The van der Waals surface area contributed by atoms with Crippen molar-refractivity contribution in [3.63, 3.8) is 0 Å².